The first-order valence-electron chi connectivity index (χ1n) is 8.51. The van der Waals surface area contributed by atoms with Gasteiger partial charge in [0.25, 0.3) is 5.69 Å². The summed E-state index contributed by atoms with van der Waals surface area (Å²) in [6, 6.07) is 4.25. The second kappa shape index (κ2) is 7.27. The Morgan fingerprint density at radius 1 is 1.24 bits per heavy atom. The average molecular weight is 369 g/mol. The molecule has 138 valence electrons. The lowest BCUT2D eigenvalue weighted by Gasteiger charge is -2.32. The van der Waals surface area contributed by atoms with Gasteiger partial charge >= 0.3 is 0 Å². The Balaban J connectivity index is 1.95. The summed E-state index contributed by atoms with van der Waals surface area (Å²) in [6.07, 6.45) is 2.08. The number of hydrogen-bond acceptors (Lipinski definition) is 6. The first-order chi connectivity index (χ1) is 11.9. The highest BCUT2D eigenvalue weighted by Crippen LogP contribution is 2.34. The standard InChI is InChI=1S/C16H23N3O5S/c1-13-3-2-6-17(12-13)15-5-4-14(11-16(15)19(20)21)25(22,23)18-7-9-24-10-8-18/h4-5,11,13H,2-3,6-10,12H2,1H3. The second-order valence-corrected chi connectivity index (χ2v) is 8.56. The van der Waals surface area contributed by atoms with E-state index in [1.165, 1.54) is 16.4 Å². The molecule has 2 aliphatic heterocycles. The summed E-state index contributed by atoms with van der Waals surface area (Å²) < 4.78 is 32.0. The van der Waals surface area contributed by atoms with E-state index in [1.54, 1.807) is 6.07 Å². The Labute approximate surface area is 147 Å². The normalized spacial score (nSPS) is 22.8. The molecule has 9 heteroatoms. The molecule has 1 aromatic carbocycles. The fraction of sp³-hybridized carbons (Fsp3) is 0.625. The third kappa shape index (κ3) is 3.78. The summed E-state index contributed by atoms with van der Waals surface area (Å²) in [7, 11) is -3.75. The van der Waals surface area contributed by atoms with E-state index >= 15 is 0 Å². The van der Waals surface area contributed by atoms with E-state index in [1.807, 2.05) is 4.90 Å². The number of nitrogens with zero attached hydrogens (tertiary/aromatic N) is 3. The summed E-state index contributed by atoms with van der Waals surface area (Å²) in [5.41, 5.74) is 0.348. The molecule has 0 saturated carbocycles. The van der Waals surface area contributed by atoms with Crippen LogP contribution in [0.1, 0.15) is 19.8 Å². The van der Waals surface area contributed by atoms with Crippen molar-refractivity contribution in [3.05, 3.63) is 28.3 Å². The van der Waals surface area contributed by atoms with E-state index in [2.05, 4.69) is 6.92 Å². The molecule has 1 atom stereocenters. The molecule has 2 aliphatic rings. The fourth-order valence-electron chi connectivity index (χ4n) is 3.42. The smallest absolute Gasteiger partial charge is 0.293 e. The number of nitro groups is 1. The van der Waals surface area contributed by atoms with Crippen LogP contribution in [0.25, 0.3) is 0 Å². The highest BCUT2D eigenvalue weighted by atomic mass is 32.2. The molecule has 0 spiro atoms. The summed E-state index contributed by atoms with van der Waals surface area (Å²) in [4.78, 5) is 13.0. The van der Waals surface area contributed by atoms with E-state index in [9.17, 15) is 18.5 Å². The van der Waals surface area contributed by atoms with E-state index in [-0.39, 0.29) is 23.7 Å². The zero-order valence-electron chi connectivity index (χ0n) is 14.3. The van der Waals surface area contributed by atoms with Gasteiger partial charge in [-0.25, -0.2) is 8.42 Å². The highest BCUT2D eigenvalue weighted by Gasteiger charge is 2.30. The van der Waals surface area contributed by atoms with Gasteiger partial charge in [-0.1, -0.05) is 6.92 Å². The first kappa shape index (κ1) is 18.1. The molecule has 0 aromatic heterocycles. The van der Waals surface area contributed by atoms with Crippen molar-refractivity contribution in [1.29, 1.82) is 0 Å². The van der Waals surface area contributed by atoms with Crippen molar-refractivity contribution in [2.45, 2.75) is 24.7 Å². The summed E-state index contributed by atoms with van der Waals surface area (Å²) in [6.45, 7) is 4.82. The minimum Gasteiger partial charge on any atom is -0.379 e. The Bertz CT molecular complexity index is 746. The molecule has 1 aromatic rings. The van der Waals surface area contributed by atoms with E-state index in [0.29, 0.717) is 24.8 Å². The SMILES string of the molecule is CC1CCCN(c2ccc(S(=O)(=O)N3CCOCC3)cc2[N+](=O)[O-])C1. The molecule has 25 heavy (non-hydrogen) atoms. The number of rotatable bonds is 4. The predicted molar refractivity (Wildman–Crippen MR) is 93.3 cm³/mol. The Morgan fingerprint density at radius 3 is 2.60 bits per heavy atom. The number of nitro benzene ring substituents is 1. The van der Waals surface area contributed by atoms with Gasteiger partial charge < -0.3 is 9.64 Å². The average Bonchev–Trinajstić information content (AvgIpc) is 2.62. The first-order valence-corrected chi connectivity index (χ1v) is 9.95. The van der Waals surface area contributed by atoms with Crippen LogP contribution in [0.2, 0.25) is 0 Å². The van der Waals surface area contributed by atoms with Gasteiger partial charge in [0.2, 0.25) is 10.0 Å². The predicted octanol–water partition coefficient (Wildman–Crippen LogP) is 1.85. The maximum absolute atomic E-state index is 12.7. The van der Waals surface area contributed by atoms with Crippen molar-refractivity contribution in [3.8, 4) is 0 Å². The number of anilines is 1. The van der Waals surface area contributed by atoms with Crippen molar-refractivity contribution in [3.63, 3.8) is 0 Å². The lowest BCUT2D eigenvalue weighted by Crippen LogP contribution is -2.40. The minimum atomic E-state index is -3.75. The van der Waals surface area contributed by atoms with Gasteiger partial charge in [0.1, 0.15) is 5.69 Å². The molecule has 2 heterocycles. The van der Waals surface area contributed by atoms with Gasteiger partial charge in [-0.15, -0.1) is 0 Å². The molecule has 0 N–H and O–H groups in total. The number of hydrogen-bond donors (Lipinski definition) is 0. The molecule has 2 fully saturated rings. The van der Waals surface area contributed by atoms with Crippen LogP contribution in [-0.4, -0.2) is 57.0 Å². The van der Waals surface area contributed by atoms with Gasteiger partial charge in [-0.3, -0.25) is 10.1 Å². The third-order valence-corrected chi connectivity index (χ3v) is 6.64. The van der Waals surface area contributed by atoms with Crippen LogP contribution >= 0.6 is 0 Å². The summed E-state index contributed by atoms with van der Waals surface area (Å²) >= 11 is 0. The third-order valence-electron chi connectivity index (χ3n) is 4.75. The monoisotopic (exact) mass is 369 g/mol. The number of benzene rings is 1. The van der Waals surface area contributed by atoms with Crippen LogP contribution in [0.3, 0.4) is 0 Å². The van der Waals surface area contributed by atoms with Crippen LogP contribution in [0, 0.1) is 16.0 Å². The van der Waals surface area contributed by atoms with Crippen molar-refractivity contribution in [2.24, 2.45) is 5.92 Å². The molecule has 0 amide bonds. The molecular formula is C16H23N3O5S. The van der Waals surface area contributed by atoms with Gasteiger partial charge in [-0.05, 0) is 30.9 Å². The Hall–Kier alpha value is -1.71. The van der Waals surface area contributed by atoms with Crippen molar-refractivity contribution >= 4 is 21.4 Å². The lowest BCUT2D eigenvalue weighted by molar-refractivity contribution is -0.384. The Morgan fingerprint density at radius 2 is 1.96 bits per heavy atom. The fourth-order valence-corrected chi connectivity index (χ4v) is 4.85. The van der Waals surface area contributed by atoms with Crippen LogP contribution in [-0.2, 0) is 14.8 Å². The lowest BCUT2D eigenvalue weighted by atomic mass is 9.99. The van der Waals surface area contributed by atoms with Crippen molar-refractivity contribution in [1.82, 2.24) is 4.31 Å². The molecule has 1 unspecified atom stereocenters. The molecule has 0 radical (unpaired) electrons. The quantitative estimate of drug-likeness (QED) is 0.594. The second-order valence-electron chi connectivity index (χ2n) is 6.62. The van der Waals surface area contributed by atoms with Gasteiger partial charge in [0, 0.05) is 32.2 Å². The zero-order chi connectivity index (χ0) is 18.0. The largest absolute Gasteiger partial charge is 0.379 e. The van der Waals surface area contributed by atoms with E-state index in [4.69, 9.17) is 4.74 Å². The van der Waals surface area contributed by atoms with Crippen molar-refractivity contribution < 1.29 is 18.1 Å². The number of sulfonamides is 1. The Kier molecular flexibility index (Phi) is 5.26. The van der Waals surface area contributed by atoms with Crippen LogP contribution in [0.15, 0.2) is 23.1 Å². The van der Waals surface area contributed by atoms with Gasteiger partial charge in [0.05, 0.1) is 23.0 Å². The van der Waals surface area contributed by atoms with Crippen LogP contribution in [0.5, 0.6) is 0 Å². The maximum atomic E-state index is 12.7. The molecule has 8 nitrogen and oxygen atoms in total. The topological polar surface area (TPSA) is 93.0 Å². The molecule has 0 aliphatic carbocycles. The molecule has 3 rings (SSSR count). The molecule has 2 saturated heterocycles. The maximum Gasteiger partial charge on any atom is 0.293 e. The zero-order valence-corrected chi connectivity index (χ0v) is 15.1. The molecular weight excluding hydrogens is 346 g/mol. The minimum absolute atomic E-state index is 0.0325. The highest BCUT2D eigenvalue weighted by molar-refractivity contribution is 7.89. The van der Waals surface area contributed by atoms with E-state index in [0.717, 1.165) is 25.9 Å². The summed E-state index contributed by atoms with van der Waals surface area (Å²) in [5.74, 6) is 0.463. The van der Waals surface area contributed by atoms with E-state index < -0.39 is 14.9 Å². The van der Waals surface area contributed by atoms with Crippen molar-refractivity contribution in [2.75, 3.05) is 44.3 Å². The number of ether oxygens (including phenoxy) is 1. The summed E-state index contributed by atoms with van der Waals surface area (Å²) in [5, 5.41) is 11.6. The number of piperidine rings is 1. The van der Waals surface area contributed by atoms with Gasteiger partial charge in [-0.2, -0.15) is 4.31 Å². The van der Waals surface area contributed by atoms with Crippen LogP contribution < -0.4 is 4.90 Å². The van der Waals surface area contributed by atoms with Crippen LogP contribution in [0.4, 0.5) is 11.4 Å². The molecule has 0 bridgehead atoms. The van der Waals surface area contributed by atoms with Gasteiger partial charge in [0.15, 0.2) is 0 Å². The number of morpholine rings is 1.